The summed E-state index contributed by atoms with van der Waals surface area (Å²) in [6.45, 7) is 15.8. The van der Waals surface area contributed by atoms with Gasteiger partial charge in [-0.25, -0.2) is 0 Å². The van der Waals surface area contributed by atoms with Crippen LogP contribution >= 0.6 is 0 Å². The predicted molar refractivity (Wildman–Crippen MR) is 186 cm³/mol. The standard InChI is InChI=1S/C40H58O13/c1-19(15-22(50-20(2)41)33-36(5,6)53-33)28-30(47)32(48)38(8)24-10-9-23-35(3,4)25(11-12-39(23)18-40(24,39)14-13-37(28,38)7)51-34-31(29(46)21(42)17-49-34)52-27(45)16-26(43)44/h10,19,21-23,25,28-29,31-34,42,46,48H,9,11-18H2,1-8H3,(H,43,44)/t19-,21-,22-,23?,25+,28+,29+,31-,32+,33+,34+,37-,38-,39-,40+/m1/s1. The van der Waals surface area contributed by atoms with Gasteiger partial charge in [0, 0.05) is 18.3 Å². The molecule has 15 atom stereocenters. The number of hydrogen-bond acceptors (Lipinski definition) is 12. The molecule has 7 aliphatic rings. The van der Waals surface area contributed by atoms with E-state index >= 15 is 0 Å². The van der Waals surface area contributed by atoms with Crippen LogP contribution in [0.4, 0.5) is 0 Å². The second kappa shape index (κ2) is 12.5. The van der Waals surface area contributed by atoms with Gasteiger partial charge in [0.15, 0.2) is 18.2 Å². The van der Waals surface area contributed by atoms with Gasteiger partial charge in [-0.2, -0.15) is 0 Å². The minimum Gasteiger partial charge on any atom is -0.481 e. The van der Waals surface area contributed by atoms with Gasteiger partial charge in [0.05, 0.1) is 18.3 Å². The highest BCUT2D eigenvalue weighted by atomic mass is 16.7. The Labute approximate surface area is 311 Å². The van der Waals surface area contributed by atoms with Gasteiger partial charge in [-0.1, -0.05) is 46.3 Å². The van der Waals surface area contributed by atoms with Crippen molar-refractivity contribution in [2.24, 2.45) is 44.8 Å². The van der Waals surface area contributed by atoms with E-state index in [0.29, 0.717) is 12.8 Å². The fourth-order valence-electron chi connectivity index (χ4n) is 12.8. The summed E-state index contributed by atoms with van der Waals surface area (Å²) in [5.74, 6) is -3.35. The molecular formula is C40H58O13. The number of carboxylic acids is 1. The molecule has 5 aliphatic carbocycles. The number of aliphatic hydroxyl groups is 3. The molecule has 6 fully saturated rings. The number of carboxylic acid groups (broad SMARTS) is 1. The Morgan fingerprint density at radius 1 is 1.04 bits per heavy atom. The molecule has 2 spiro atoms. The number of allylic oxidation sites excluding steroid dienone is 1. The van der Waals surface area contributed by atoms with E-state index in [0.717, 1.165) is 32.1 Å². The van der Waals surface area contributed by atoms with Gasteiger partial charge in [-0.3, -0.25) is 19.2 Å². The second-order valence-electron chi connectivity index (χ2n) is 19.0. The Morgan fingerprint density at radius 3 is 2.34 bits per heavy atom. The zero-order chi connectivity index (χ0) is 38.8. The largest absolute Gasteiger partial charge is 0.481 e. The summed E-state index contributed by atoms with van der Waals surface area (Å²) < 4.78 is 29.2. The molecule has 13 heteroatoms. The summed E-state index contributed by atoms with van der Waals surface area (Å²) in [7, 11) is 0. The third kappa shape index (κ3) is 5.60. The molecule has 7 rings (SSSR count). The minimum absolute atomic E-state index is 0.0525. The van der Waals surface area contributed by atoms with Crippen LogP contribution < -0.4 is 0 Å². The molecule has 2 heterocycles. The van der Waals surface area contributed by atoms with E-state index < -0.39 is 82.9 Å². The SMILES string of the molecule is CC(=O)O[C@H](C[C@@H](C)[C@H]1C(=O)[C@H](O)[C@@]2(C)C3=CCC4C(C)(C)[C@@H](O[C@@H]5OC[C@@H](O)[C@H](O)[C@H]5OC(=O)CC(=O)O)CC[C@@]45C[C@@]35CC[C@]12C)[C@@H]1OC1(C)C. The van der Waals surface area contributed by atoms with Crippen LogP contribution in [0.5, 0.6) is 0 Å². The molecule has 0 aromatic rings. The van der Waals surface area contributed by atoms with E-state index in [-0.39, 0.29) is 53.2 Å². The lowest BCUT2D eigenvalue weighted by atomic mass is 9.44. The van der Waals surface area contributed by atoms with Crippen molar-refractivity contribution in [2.45, 2.75) is 161 Å². The number of ether oxygens (including phenoxy) is 5. The van der Waals surface area contributed by atoms with Gasteiger partial charge in [-0.15, -0.1) is 0 Å². The van der Waals surface area contributed by atoms with Crippen LogP contribution in [-0.4, -0.2) is 105 Å². The predicted octanol–water partition coefficient (Wildman–Crippen LogP) is 3.48. The van der Waals surface area contributed by atoms with Gasteiger partial charge in [0.1, 0.15) is 36.9 Å². The molecule has 13 nitrogen and oxygen atoms in total. The van der Waals surface area contributed by atoms with Crippen LogP contribution in [0.3, 0.4) is 0 Å². The maximum absolute atomic E-state index is 14.3. The topological polar surface area (TPSA) is 199 Å². The Morgan fingerprint density at radius 2 is 1.72 bits per heavy atom. The molecule has 0 aromatic carbocycles. The molecule has 0 amide bonds. The van der Waals surface area contributed by atoms with Crippen molar-refractivity contribution in [2.75, 3.05) is 6.61 Å². The van der Waals surface area contributed by atoms with Gasteiger partial charge >= 0.3 is 17.9 Å². The highest BCUT2D eigenvalue weighted by Gasteiger charge is 2.82. The number of hydrogen-bond donors (Lipinski definition) is 4. The fourth-order valence-corrected chi connectivity index (χ4v) is 12.8. The number of ketones is 1. The highest BCUT2D eigenvalue weighted by Crippen LogP contribution is 2.87. The first-order valence-electron chi connectivity index (χ1n) is 19.4. The minimum atomic E-state index is -1.51. The third-order valence-electron chi connectivity index (χ3n) is 15.6. The third-order valence-corrected chi connectivity index (χ3v) is 15.6. The van der Waals surface area contributed by atoms with Crippen molar-refractivity contribution in [1.29, 1.82) is 0 Å². The van der Waals surface area contributed by atoms with E-state index in [1.54, 1.807) is 0 Å². The Hall–Kier alpha value is -2.42. The average molecular weight is 747 g/mol. The number of carbonyl (C=O) groups is 4. The quantitative estimate of drug-likeness (QED) is 0.110. The normalized spacial score (nSPS) is 47.0. The van der Waals surface area contributed by atoms with Gasteiger partial charge < -0.3 is 44.1 Å². The second-order valence-corrected chi connectivity index (χ2v) is 19.0. The average Bonchev–Trinajstić information content (AvgIpc) is 3.91. The number of esters is 2. The van der Waals surface area contributed by atoms with Crippen LogP contribution in [0.15, 0.2) is 11.6 Å². The van der Waals surface area contributed by atoms with Crippen molar-refractivity contribution < 1.29 is 63.3 Å². The van der Waals surface area contributed by atoms with Crippen LogP contribution in [0.25, 0.3) is 0 Å². The first-order chi connectivity index (χ1) is 24.6. The fraction of sp³-hybridized carbons (Fsp3) is 0.850. The van der Waals surface area contributed by atoms with Crippen molar-refractivity contribution in [3.8, 4) is 0 Å². The Kier molecular flexibility index (Phi) is 9.19. The van der Waals surface area contributed by atoms with Gasteiger partial charge in [0.2, 0.25) is 0 Å². The molecule has 0 radical (unpaired) electrons. The van der Waals surface area contributed by atoms with Crippen LogP contribution in [-0.2, 0) is 42.9 Å². The number of epoxide rings is 1. The van der Waals surface area contributed by atoms with Crippen molar-refractivity contribution in [3.05, 3.63) is 11.6 Å². The van der Waals surface area contributed by atoms with Crippen molar-refractivity contribution >= 4 is 23.7 Å². The molecule has 4 saturated carbocycles. The summed E-state index contributed by atoms with van der Waals surface area (Å²) >= 11 is 0. The molecule has 2 saturated heterocycles. The molecule has 0 aromatic heterocycles. The molecule has 2 aliphatic heterocycles. The van der Waals surface area contributed by atoms with E-state index in [4.69, 9.17) is 28.8 Å². The number of aliphatic carboxylic acids is 1. The number of Topliss-reactive ketones (excluding diaryl/α,β-unsaturated/α-hetero) is 1. The maximum Gasteiger partial charge on any atom is 0.317 e. The maximum atomic E-state index is 14.3. The van der Waals surface area contributed by atoms with Gasteiger partial charge in [-0.05, 0) is 92.3 Å². The number of carbonyl (C=O) groups excluding carboxylic acids is 3. The lowest BCUT2D eigenvalue weighted by Gasteiger charge is -2.60. The zero-order valence-corrected chi connectivity index (χ0v) is 32.3. The van der Waals surface area contributed by atoms with Crippen LogP contribution in [0.1, 0.15) is 107 Å². The molecule has 0 bridgehead atoms. The monoisotopic (exact) mass is 746 g/mol. The molecular weight excluding hydrogens is 688 g/mol. The number of fused-ring (bicyclic) bond motifs is 2. The summed E-state index contributed by atoms with van der Waals surface area (Å²) in [4.78, 5) is 49.8. The summed E-state index contributed by atoms with van der Waals surface area (Å²) in [6, 6.07) is 0. The van der Waals surface area contributed by atoms with Crippen molar-refractivity contribution in [1.82, 2.24) is 0 Å². The smallest absolute Gasteiger partial charge is 0.317 e. The number of rotatable bonds is 10. The number of aliphatic hydroxyl groups excluding tert-OH is 3. The molecule has 4 N–H and O–H groups in total. The zero-order valence-electron chi connectivity index (χ0n) is 32.3. The lowest BCUT2D eigenvalue weighted by Crippen LogP contribution is -2.59. The van der Waals surface area contributed by atoms with Crippen LogP contribution in [0.2, 0.25) is 0 Å². The van der Waals surface area contributed by atoms with E-state index in [2.05, 4.69) is 33.8 Å². The lowest BCUT2D eigenvalue weighted by molar-refractivity contribution is -0.303. The van der Waals surface area contributed by atoms with E-state index in [9.17, 15) is 34.5 Å². The summed E-state index contributed by atoms with van der Waals surface area (Å²) in [5.41, 5.74) is -1.08. The Bertz CT molecular complexity index is 1590. The van der Waals surface area contributed by atoms with E-state index in [1.165, 1.54) is 12.5 Å². The highest BCUT2D eigenvalue weighted by molar-refractivity contribution is 5.91. The van der Waals surface area contributed by atoms with Crippen molar-refractivity contribution in [3.63, 3.8) is 0 Å². The first-order valence-corrected chi connectivity index (χ1v) is 19.4. The summed E-state index contributed by atoms with van der Waals surface area (Å²) in [6.07, 6.45) is -0.962. The molecule has 296 valence electrons. The first kappa shape index (κ1) is 38.8. The molecule has 53 heavy (non-hydrogen) atoms. The van der Waals surface area contributed by atoms with E-state index in [1.807, 2.05) is 20.8 Å². The Balaban J connectivity index is 1.13. The molecule has 1 unspecified atom stereocenters. The summed E-state index contributed by atoms with van der Waals surface area (Å²) in [5, 5.41) is 42.1. The van der Waals surface area contributed by atoms with Crippen LogP contribution in [0, 0.1) is 44.8 Å². The van der Waals surface area contributed by atoms with Gasteiger partial charge in [0.25, 0.3) is 0 Å².